The van der Waals surface area contributed by atoms with Crippen LogP contribution in [0.4, 0.5) is 0 Å². The Hall–Kier alpha value is -1.04. The zero-order chi connectivity index (χ0) is 9.80. The molecule has 0 fully saturated rings. The lowest BCUT2D eigenvalue weighted by Gasteiger charge is -1.91. The third-order valence-corrected chi connectivity index (χ3v) is 2.60. The topological polar surface area (TPSA) is 64.7 Å². The van der Waals surface area contributed by atoms with E-state index in [0.717, 1.165) is 17.1 Å². The summed E-state index contributed by atoms with van der Waals surface area (Å²) in [6.07, 6.45) is 4.24. The Labute approximate surface area is 98.0 Å². The zero-order valence-electron chi connectivity index (χ0n) is 7.96. The number of aromatic nitrogens is 3. The molecule has 0 saturated heterocycles. The summed E-state index contributed by atoms with van der Waals surface area (Å²) in [6.45, 7) is 0.624. The van der Waals surface area contributed by atoms with E-state index in [2.05, 4.69) is 15.0 Å². The molecule has 2 rings (SSSR count). The molecule has 0 aliphatic carbocycles. The van der Waals surface area contributed by atoms with Gasteiger partial charge < -0.3 is 5.73 Å². The lowest BCUT2D eigenvalue weighted by atomic mass is 10.3. The molecule has 0 atom stereocenters. The van der Waals surface area contributed by atoms with Crippen LogP contribution in [-0.2, 0) is 6.42 Å². The lowest BCUT2D eigenvalue weighted by Crippen LogP contribution is -2.02. The van der Waals surface area contributed by atoms with Crippen molar-refractivity contribution in [2.75, 3.05) is 6.54 Å². The van der Waals surface area contributed by atoms with Crippen LogP contribution >= 0.6 is 23.7 Å². The number of nitrogens with two attached hydrogens (primary N) is 1. The molecular weight excluding hydrogens is 232 g/mol. The van der Waals surface area contributed by atoms with Crippen molar-refractivity contribution < 1.29 is 0 Å². The first kappa shape index (κ1) is 12.0. The van der Waals surface area contributed by atoms with Crippen molar-refractivity contribution in [3.05, 3.63) is 29.5 Å². The van der Waals surface area contributed by atoms with Crippen LogP contribution in [0.15, 0.2) is 23.8 Å². The molecule has 4 nitrogen and oxygen atoms in total. The molecule has 0 unspecified atom stereocenters. The van der Waals surface area contributed by atoms with Gasteiger partial charge in [0.05, 0.1) is 5.69 Å². The number of rotatable bonds is 3. The molecule has 6 heteroatoms. The maximum absolute atomic E-state index is 5.44. The second-order valence-corrected chi connectivity index (χ2v) is 3.61. The molecule has 15 heavy (non-hydrogen) atoms. The van der Waals surface area contributed by atoms with Crippen molar-refractivity contribution >= 4 is 23.7 Å². The number of hydrogen-bond donors (Lipinski definition) is 1. The van der Waals surface area contributed by atoms with E-state index in [-0.39, 0.29) is 12.4 Å². The van der Waals surface area contributed by atoms with E-state index in [1.807, 2.05) is 5.38 Å². The van der Waals surface area contributed by atoms with Crippen LogP contribution in [0.25, 0.3) is 10.8 Å². The first-order valence-electron chi connectivity index (χ1n) is 4.32. The fourth-order valence-electron chi connectivity index (χ4n) is 1.08. The van der Waals surface area contributed by atoms with Gasteiger partial charge in [-0.1, -0.05) is 0 Å². The highest BCUT2D eigenvalue weighted by Gasteiger charge is 2.05. The average molecular weight is 243 g/mol. The van der Waals surface area contributed by atoms with Crippen molar-refractivity contribution in [2.24, 2.45) is 5.73 Å². The third kappa shape index (κ3) is 2.95. The summed E-state index contributed by atoms with van der Waals surface area (Å²) in [5, 5.41) is 2.85. The minimum atomic E-state index is 0. The van der Waals surface area contributed by atoms with Crippen molar-refractivity contribution in [1.82, 2.24) is 15.0 Å². The van der Waals surface area contributed by atoms with Crippen LogP contribution in [0.1, 0.15) is 5.69 Å². The first-order chi connectivity index (χ1) is 6.90. The molecule has 0 aliphatic rings. The molecule has 2 heterocycles. The fourth-order valence-corrected chi connectivity index (χ4v) is 1.88. The highest BCUT2D eigenvalue weighted by molar-refractivity contribution is 7.13. The van der Waals surface area contributed by atoms with E-state index in [0.29, 0.717) is 12.4 Å². The predicted octanol–water partition coefficient (Wildman–Crippen LogP) is 1.52. The minimum Gasteiger partial charge on any atom is -0.330 e. The van der Waals surface area contributed by atoms with Crippen LogP contribution < -0.4 is 5.73 Å². The van der Waals surface area contributed by atoms with Crippen LogP contribution in [0.5, 0.6) is 0 Å². The fraction of sp³-hybridized carbons (Fsp3) is 0.222. The van der Waals surface area contributed by atoms with E-state index in [1.165, 1.54) is 0 Å². The second-order valence-electron chi connectivity index (χ2n) is 2.76. The monoisotopic (exact) mass is 242 g/mol. The van der Waals surface area contributed by atoms with Crippen LogP contribution in [0.3, 0.4) is 0 Å². The summed E-state index contributed by atoms with van der Waals surface area (Å²) in [4.78, 5) is 12.6. The van der Waals surface area contributed by atoms with Crippen molar-refractivity contribution in [3.8, 4) is 10.8 Å². The van der Waals surface area contributed by atoms with Gasteiger partial charge in [-0.2, -0.15) is 0 Å². The van der Waals surface area contributed by atoms with Gasteiger partial charge in [0.1, 0.15) is 0 Å². The number of nitrogens with zero attached hydrogens (tertiary/aromatic N) is 3. The van der Waals surface area contributed by atoms with Gasteiger partial charge >= 0.3 is 0 Å². The smallest absolute Gasteiger partial charge is 0.188 e. The second kappa shape index (κ2) is 5.75. The molecule has 2 N–H and O–H groups in total. The molecule has 80 valence electrons. The molecular formula is C9H11ClN4S. The molecule has 0 spiro atoms. The van der Waals surface area contributed by atoms with Gasteiger partial charge in [0.2, 0.25) is 0 Å². The maximum Gasteiger partial charge on any atom is 0.188 e. The number of halogens is 1. The standard InChI is InChI=1S/C9H10N4S.ClH/c10-3-2-7-6-14-9(13-7)8-11-4-1-5-12-8;/h1,4-6H,2-3,10H2;1H. The Morgan fingerprint density at radius 3 is 2.67 bits per heavy atom. The van der Waals surface area contributed by atoms with E-state index in [4.69, 9.17) is 5.73 Å². The molecule has 0 amide bonds. The highest BCUT2D eigenvalue weighted by Crippen LogP contribution is 2.19. The number of hydrogen-bond acceptors (Lipinski definition) is 5. The van der Waals surface area contributed by atoms with E-state index in [1.54, 1.807) is 29.8 Å². The summed E-state index contributed by atoms with van der Waals surface area (Å²) in [5.74, 6) is 0.681. The predicted molar refractivity (Wildman–Crippen MR) is 63.1 cm³/mol. The molecule has 0 bridgehead atoms. The van der Waals surface area contributed by atoms with Gasteiger partial charge in [-0.25, -0.2) is 15.0 Å². The highest BCUT2D eigenvalue weighted by atomic mass is 35.5. The third-order valence-electron chi connectivity index (χ3n) is 1.71. The number of thiazole rings is 1. The molecule has 2 aromatic rings. The minimum absolute atomic E-state index is 0. The Morgan fingerprint density at radius 2 is 2.00 bits per heavy atom. The summed E-state index contributed by atoms with van der Waals surface area (Å²) in [6, 6.07) is 1.79. The maximum atomic E-state index is 5.44. The van der Waals surface area contributed by atoms with Gasteiger partial charge in [-0.3, -0.25) is 0 Å². The zero-order valence-corrected chi connectivity index (χ0v) is 9.59. The Bertz CT molecular complexity index is 404. The summed E-state index contributed by atoms with van der Waals surface area (Å²) >= 11 is 1.55. The Balaban J connectivity index is 0.00000112. The van der Waals surface area contributed by atoms with Gasteiger partial charge in [-0.05, 0) is 12.6 Å². The van der Waals surface area contributed by atoms with Crippen LogP contribution in [0.2, 0.25) is 0 Å². The van der Waals surface area contributed by atoms with Crippen molar-refractivity contribution in [3.63, 3.8) is 0 Å². The van der Waals surface area contributed by atoms with Gasteiger partial charge in [0.15, 0.2) is 10.8 Å². The Kier molecular flexibility index (Phi) is 4.61. The molecule has 2 aromatic heterocycles. The normalized spacial score (nSPS) is 9.67. The van der Waals surface area contributed by atoms with E-state index in [9.17, 15) is 0 Å². The Morgan fingerprint density at radius 1 is 1.27 bits per heavy atom. The first-order valence-corrected chi connectivity index (χ1v) is 5.20. The van der Waals surface area contributed by atoms with Gasteiger partial charge in [0, 0.05) is 24.2 Å². The SMILES string of the molecule is Cl.NCCc1csc(-c2ncccn2)n1. The molecule has 0 aromatic carbocycles. The quantitative estimate of drug-likeness (QED) is 0.887. The van der Waals surface area contributed by atoms with Crippen LogP contribution in [-0.4, -0.2) is 21.5 Å². The van der Waals surface area contributed by atoms with Gasteiger partial charge in [0.25, 0.3) is 0 Å². The van der Waals surface area contributed by atoms with Crippen molar-refractivity contribution in [1.29, 1.82) is 0 Å². The van der Waals surface area contributed by atoms with Crippen molar-refractivity contribution in [2.45, 2.75) is 6.42 Å². The summed E-state index contributed by atoms with van der Waals surface area (Å²) < 4.78 is 0. The van der Waals surface area contributed by atoms with Crippen LogP contribution in [0, 0.1) is 0 Å². The van der Waals surface area contributed by atoms with E-state index < -0.39 is 0 Å². The lowest BCUT2D eigenvalue weighted by molar-refractivity contribution is 0.934. The van der Waals surface area contributed by atoms with Gasteiger partial charge in [-0.15, -0.1) is 23.7 Å². The summed E-state index contributed by atoms with van der Waals surface area (Å²) in [7, 11) is 0. The largest absolute Gasteiger partial charge is 0.330 e. The average Bonchev–Trinajstić information content (AvgIpc) is 2.68. The molecule has 0 radical (unpaired) electrons. The van der Waals surface area contributed by atoms with E-state index >= 15 is 0 Å². The molecule has 0 aliphatic heterocycles. The summed E-state index contributed by atoms with van der Waals surface area (Å²) in [5.41, 5.74) is 6.46. The molecule has 0 saturated carbocycles.